The average Bonchev–Trinajstić information content (AvgIpc) is 2.37. The summed E-state index contributed by atoms with van der Waals surface area (Å²) >= 11 is 0. The van der Waals surface area contributed by atoms with Crippen LogP contribution in [0.5, 0.6) is 0 Å². The van der Waals surface area contributed by atoms with Gasteiger partial charge in [-0.3, -0.25) is 15.1 Å². The molecule has 5 heteroatoms. The first-order valence-corrected chi connectivity index (χ1v) is 6.39. The zero-order valence-corrected chi connectivity index (χ0v) is 11.8. The third-order valence-corrected chi connectivity index (χ3v) is 3.24. The molecule has 104 valence electrons. The lowest BCUT2D eigenvalue weighted by Gasteiger charge is -2.10. The maximum absolute atomic E-state index is 11.1. The van der Waals surface area contributed by atoms with E-state index >= 15 is 0 Å². The Bertz CT molecular complexity index is 654. The lowest BCUT2D eigenvalue weighted by Crippen LogP contribution is -2.07. The number of benzene rings is 1. The van der Waals surface area contributed by atoms with Gasteiger partial charge in [0.2, 0.25) is 0 Å². The molecule has 0 radical (unpaired) electrons. The Morgan fingerprint density at radius 2 is 2.05 bits per heavy atom. The first kappa shape index (κ1) is 14.0. The van der Waals surface area contributed by atoms with Gasteiger partial charge in [-0.1, -0.05) is 12.1 Å². The van der Waals surface area contributed by atoms with Gasteiger partial charge in [0.1, 0.15) is 0 Å². The Morgan fingerprint density at radius 3 is 2.70 bits per heavy atom. The SMILES string of the molecule is Cc1cccc(NCc2ncc(C)c([N+](=O)[O-])c2C)c1. The Morgan fingerprint density at radius 1 is 1.30 bits per heavy atom. The summed E-state index contributed by atoms with van der Waals surface area (Å²) in [6.45, 7) is 5.93. The molecule has 0 spiro atoms. The van der Waals surface area contributed by atoms with E-state index in [4.69, 9.17) is 0 Å². The minimum absolute atomic E-state index is 0.154. The number of nitro groups is 1. The number of rotatable bonds is 4. The Kier molecular flexibility index (Phi) is 3.98. The molecule has 0 bridgehead atoms. The van der Waals surface area contributed by atoms with E-state index in [-0.39, 0.29) is 10.6 Å². The zero-order chi connectivity index (χ0) is 14.7. The van der Waals surface area contributed by atoms with Crippen molar-refractivity contribution in [3.63, 3.8) is 0 Å². The largest absolute Gasteiger partial charge is 0.379 e. The zero-order valence-electron chi connectivity index (χ0n) is 11.8. The minimum Gasteiger partial charge on any atom is -0.379 e. The predicted molar refractivity (Wildman–Crippen MR) is 78.9 cm³/mol. The second-order valence-electron chi connectivity index (χ2n) is 4.84. The molecule has 1 aromatic carbocycles. The molecule has 0 unspecified atom stereocenters. The van der Waals surface area contributed by atoms with Crippen LogP contribution in [0, 0.1) is 30.9 Å². The fourth-order valence-corrected chi connectivity index (χ4v) is 2.17. The molecule has 0 fully saturated rings. The number of pyridine rings is 1. The van der Waals surface area contributed by atoms with Crippen LogP contribution in [-0.4, -0.2) is 9.91 Å². The number of hydrogen-bond acceptors (Lipinski definition) is 4. The van der Waals surface area contributed by atoms with Crippen LogP contribution in [0.4, 0.5) is 11.4 Å². The van der Waals surface area contributed by atoms with Crippen molar-refractivity contribution in [3.8, 4) is 0 Å². The monoisotopic (exact) mass is 271 g/mol. The number of nitrogens with zero attached hydrogens (tertiary/aromatic N) is 2. The van der Waals surface area contributed by atoms with Crippen LogP contribution < -0.4 is 5.32 Å². The van der Waals surface area contributed by atoms with Crippen LogP contribution in [-0.2, 0) is 6.54 Å². The smallest absolute Gasteiger partial charge is 0.278 e. The summed E-state index contributed by atoms with van der Waals surface area (Å²) in [7, 11) is 0. The van der Waals surface area contributed by atoms with E-state index in [0.717, 1.165) is 11.3 Å². The van der Waals surface area contributed by atoms with Crippen molar-refractivity contribution in [1.82, 2.24) is 4.98 Å². The lowest BCUT2D eigenvalue weighted by atomic mass is 10.1. The molecule has 5 nitrogen and oxygen atoms in total. The van der Waals surface area contributed by atoms with Crippen molar-refractivity contribution < 1.29 is 4.92 Å². The third kappa shape index (κ3) is 2.93. The molecule has 1 N–H and O–H groups in total. The van der Waals surface area contributed by atoms with Gasteiger partial charge in [0.05, 0.1) is 22.7 Å². The van der Waals surface area contributed by atoms with Gasteiger partial charge < -0.3 is 5.32 Å². The van der Waals surface area contributed by atoms with Gasteiger partial charge in [0, 0.05) is 17.4 Å². The summed E-state index contributed by atoms with van der Waals surface area (Å²) < 4.78 is 0. The van der Waals surface area contributed by atoms with E-state index in [0.29, 0.717) is 23.4 Å². The van der Waals surface area contributed by atoms with Crippen molar-refractivity contribution in [1.29, 1.82) is 0 Å². The molecular formula is C15H17N3O2. The quantitative estimate of drug-likeness (QED) is 0.682. The van der Waals surface area contributed by atoms with E-state index in [9.17, 15) is 10.1 Å². The van der Waals surface area contributed by atoms with E-state index in [2.05, 4.69) is 10.3 Å². The standard InChI is InChI=1S/C15H17N3O2/c1-10-5-4-6-13(7-10)16-9-14-12(3)15(18(19)20)11(2)8-17-14/h4-8,16H,9H2,1-3H3. The second-order valence-corrected chi connectivity index (χ2v) is 4.84. The number of aromatic nitrogens is 1. The molecule has 0 aliphatic heterocycles. The summed E-state index contributed by atoms with van der Waals surface area (Å²) in [6, 6.07) is 7.98. The number of nitrogens with one attached hydrogen (secondary N) is 1. The first-order valence-electron chi connectivity index (χ1n) is 6.39. The number of aryl methyl sites for hydroxylation is 2. The van der Waals surface area contributed by atoms with Gasteiger partial charge in [-0.15, -0.1) is 0 Å². The highest BCUT2D eigenvalue weighted by Crippen LogP contribution is 2.24. The van der Waals surface area contributed by atoms with Crippen molar-refractivity contribution in [2.45, 2.75) is 27.3 Å². The molecular weight excluding hydrogens is 254 g/mol. The molecule has 0 atom stereocenters. The molecule has 0 aliphatic carbocycles. The van der Waals surface area contributed by atoms with Crippen LogP contribution in [0.3, 0.4) is 0 Å². The van der Waals surface area contributed by atoms with Gasteiger partial charge in [-0.25, -0.2) is 0 Å². The van der Waals surface area contributed by atoms with Crippen molar-refractivity contribution in [2.75, 3.05) is 5.32 Å². The fraction of sp³-hybridized carbons (Fsp3) is 0.267. The number of anilines is 1. The van der Waals surface area contributed by atoms with Crippen LogP contribution in [0.1, 0.15) is 22.4 Å². The lowest BCUT2D eigenvalue weighted by molar-refractivity contribution is -0.386. The topological polar surface area (TPSA) is 68.1 Å². The molecule has 20 heavy (non-hydrogen) atoms. The van der Waals surface area contributed by atoms with Crippen LogP contribution >= 0.6 is 0 Å². The summed E-state index contributed by atoms with van der Waals surface area (Å²) in [5.41, 5.74) is 4.20. The molecule has 1 heterocycles. The highest BCUT2D eigenvalue weighted by atomic mass is 16.6. The second kappa shape index (κ2) is 5.69. The third-order valence-electron chi connectivity index (χ3n) is 3.24. The minimum atomic E-state index is -0.345. The molecule has 1 aromatic heterocycles. The van der Waals surface area contributed by atoms with Crippen molar-refractivity contribution in [3.05, 3.63) is 63.0 Å². The van der Waals surface area contributed by atoms with Crippen molar-refractivity contribution in [2.24, 2.45) is 0 Å². The molecule has 0 amide bonds. The molecule has 0 saturated heterocycles. The predicted octanol–water partition coefficient (Wildman–Crippen LogP) is 3.53. The van der Waals surface area contributed by atoms with Gasteiger partial charge in [-0.05, 0) is 38.5 Å². The summed E-state index contributed by atoms with van der Waals surface area (Å²) in [4.78, 5) is 15.0. The molecule has 0 aliphatic rings. The van der Waals surface area contributed by atoms with Gasteiger partial charge in [0.25, 0.3) is 5.69 Å². The average molecular weight is 271 g/mol. The highest BCUT2D eigenvalue weighted by Gasteiger charge is 2.18. The highest BCUT2D eigenvalue weighted by molar-refractivity contribution is 5.50. The van der Waals surface area contributed by atoms with E-state index in [1.165, 1.54) is 0 Å². The Balaban J connectivity index is 2.22. The van der Waals surface area contributed by atoms with Gasteiger partial charge in [0.15, 0.2) is 0 Å². The molecule has 0 saturated carbocycles. The van der Waals surface area contributed by atoms with Gasteiger partial charge >= 0.3 is 0 Å². The van der Waals surface area contributed by atoms with Gasteiger partial charge in [-0.2, -0.15) is 0 Å². The normalized spacial score (nSPS) is 10.3. The van der Waals surface area contributed by atoms with E-state index in [1.807, 2.05) is 31.2 Å². The number of hydrogen-bond donors (Lipinski definition) is 1. The molecule has 2 rings (SSSR count). The van der Waals surface area contributed by atoms with E-state index in [1.54, 1.807) is 20.0 Å². The van der Waals surface area contributed by atoms with E-state index < -0.39 is 0 Å². The summed E-state index contributed by atoms with van der Waals surface area (Å²) in [5.74, 6) is 0. The Labute approximate surface area is 117 Å². The van der Waals surface area contributed by atoms with Crippen LogP contribution in [0.2, 0.25) is 0 Å². The fourth-order valence-electron chi connectivity index (χ4n) is 2.17. The molecule has 2 aromatic rings. The maximum Gasteiger partial charge on any atom is 0.278 e. The summed E-state index contributed by atoms with van der Waals surface area (Å²) in [5, 5.41) is 14.3. The maximum atomic E-state index is 11.1. The Hall–Kier alpha value is -2.43. The first-order chi connectivity index (χ1) is 9.49. The summed E-state index contributed by atoms with van der Waals surface area (Å²) in [6.07, 6.45) is 1.55. The van der Waals surface area contributed by atoms with Crippen LogP contribution in [0.25, 0.3) is 0 Å². The van der Waals surface area contributed by atoms with Crippen LogP contribution in [0.15, 0.2) is 30.5 Å². The van der Waals surface area contributed by atoms with Crippen molar-refractivity contribution >= 4 is 11.4 Å².